The largest absolute Gasteiger partial charge is 0.464 e. The van der Waals surface area contributed by atoms with Gasteiger partial charge in [-0.1, -0.05) is 6.92 Å². The third kappa shape index (κ3) is 1.95. The number of halogens is 1. The molecule has 1 heterocycles. The van der Waals surface area contributed by atoms with Crippen LogP contribution in [0.3, 0.4) is 0 Å². The standard InChI is InChI=1S/C13H16FNO/c1-3-9-7-16-13-10(4-8(2)15)5-11(14)6-12(9)13/h5-8H,3-4,15H2,1-2H3. The Morgan fingerprint density at radius 3 is 2.75 bits per heavy atom. The van der Waals surface area contributed by atoms with Gasteiger partial charge in [0.1, 0.15) is 11.4 Å². The normalized spacial score (nSPS) is 13.2. The van der Waals surface area contributed by atoms with Crippen molar-refractivity contribution in [1.29, 1.82) is 0 Å². The van der Waals surface area contributed by atoms with Crippen LogP contribution in [0.25, 0.3) is 11.0 Å². The molecule has 0 radical (unpaired) electrons. The van der Waals surface area contributed by atoms with Crippen LogP contribution in [0.4, 0.5) is 4.39 Å². The Morgan fingerprint density at radius 1 is 1.38 bits per heavy atom. The highest BCUT2D eigenvalue weighted by molar-refractivity contribution is 5.84. The molecule has 2 rings (SSSR count). The van der Waals surface area contributed by atoms with E-state index < -0.39 is 0 Å². The van der Waals surface area contributed by atoms with Crippen molar-refractivity contribution >= 4 is 11.0 Å². The highest BCUT2D eigenvalue weighted by atomic mass is 19.1. The van der Waals surface area contributed by atoms with E-state index in [-0.39, 0.29) is 11.9 Å². The van der Waals surface area contributed by atoms with Crippen LogP contribution >= 0.6 is 0 Å². The summed E-state index contributed by atoms with van der Waals surface area (Å²) in [5, 5.41) is 0.873. The Bertz CT molecular complexity index is 502. The van der Waals surface area contributed by atoms with E-state index in [4.69, 9.17) is 10.2 Å². The van der Waals surface area contributed by atoms with Crippen LogP contribution in [0.15, 0.2) is 22.8 Å². The van der Waals surface area contributed by atoms with Gasteiger partial charge in [0, 0.05) is 11.4 Å². The zero-order valence-electron chi connectivity index (χ0n) is 9.59. The molecule has 1 unspecified atom stereocenters. The van der Waals surface area contributed by atoms with E-state index in [0.717, 1.165) is 28.5 Å². The molecular formula is C13H16FNO. The van der Waals surface area contributed by atoms with Crippen molar-refractivity contribution in [2.75, 3.05) is 0 Å². The predicted molar refractivity (Wildman–Crippen MR) is 62.9 cm³/mol. The number of furan rings is 1. The highest BCUT2D eigenvalue weighted by Crippen LogP contribution is 2.27. The van der Waals surface area contributed by atoms with E-state index in [1.165, 1.54) is 12.1 Å². The number of hydrogen-bond acceptors (Lipinski definition) is 2. The first-order valence-corrected chi connectivity index (χ1v) is 5.56. The molecule has 0 saturated heterocycles. The summed E-state index contributed by atoms with van der Waals surface area (Å²) in [6, 6.07) is 3.04. The minimum Gasteiger partial charge on any atom is -0.464 e. The number of hydrogen-bond donors (Lipinski definition) is 1. The van der Waals surface area contributed by atoms with Gasteiger partial charge >= 0.3 is 0 Å². The van der Waals surface area contributed by atoms with Gasteiger partial charge in [0.2, 0.25) is 0 Å². The lowest BCUT2D eigenvalue weighted by Gasteiger charge is -2.06. The lowest BCUT2D eigenvalue weighted by atomic mass is 10.0. The van der Waals surface area contributed by atoms with Crippen molar-refractivity contribution in [1.82, 2.24) is 0 Å². The first kappa shape index (κ1) is 11.1. The highest BCUT2D eigenvalue weighted by Gasteiger charge is 2.12. The molecule has 0 amide bonds. The van der Waals surface area contributed by atoms with Crippen molar-refractivity contribution in [2.45, 2.75) is 32.7 Å². The molecule has 3 heteroatoms. The molecule has 0 bridgehead atoms. The number of nitrogens with two attached hydrogens (primary N) is 1. The van der Waals surface area contributed by atoms with Gasteiger partial charge in [-0.3, -0.25) is 0 Å². The molecule has 86 valence electrons. The first-order valence-electron chi connectivity index (χ1n) is 5.56. The van der Waals surface area contributed by atoms with Crippen LogP contribution in [0.5, 0.6) is 0 Å². The first-order chi connectivity index (χ1) is 7.61. The Balaban J connectivity index is 2.60. The molecule has 2 aromatic rings. The average Bonchev–Trinajstić information content (AvgIpc) is 2.59. The van der Waals surface area contributed by atoms with Gasteiger partial charge in [-0.15, -0.1) is 0 Å². The van der Waals surface area contributed by atoms with Gasteiger partial charge in [-0.25, -0.2) is 4.39 Å². The summed E-state index contributed by atoms with van der Waals surface area (Å²) < 4.78 is 19.0. The van der Waals surface area contributed by atoms with Crippen LogP contribution in [0.2, 0.25) is 0 Å². The van der Waals surface area contributed by atoms with Crippen molar-refractivity contribution in [3.63, 3.8) is 0 Å². The minimum absolute atomic E-state index is 0.000163. The van der Waals surface area contributed by atoms with Gasteiger partial charge in [-0.2, -0.15) is 0 Å². The van der Waals surface area contributed by atoms with E-state index in [9.17, 15) is 4.39 Å². The summed E-state index contributed by atoms with van der Waals surface area (Å²) in [6.45, 7) is 3.93. The van der Waals surface area contributed by atoms with E-state index in [2.05, 4.69) is 0 Å². The van der Waals surface area contributed by atoms with Crippen LogP contribution in [-0.2, 0) is 12.8 Å². The quantitative estimate of drug-likeness (QED) is 0.865. The SMILES string of the molecule is CCc1coc2c(CC(C)N)cc(F)cc12. The van der Waals surface area contributed by atoms with Crippen molar-refractivity contribution in [3.8, 4) is 0 Å². The van der Waals surface area contributed by atoms with Gasteiger partial charge in [0.25, 0.3) is 0 Å². The Morgan fingerprint density at radius 2 is 2.12 bits per heavy atom. The molecule has 0 fully saturated rings. The van der Waals surface area contributed by atoms with Crippen LogP contribution in [0.1, 0.15) is 25.0 Å². The fourth-order valence-corrected chi connectivity index (χ4v) is 1.99. The molecule has 1 atom stereocenters. The van der Waals surface area contributed by atoms with Crippen molar-refractivity contribution in [2.24, 2.45) is 5.73 Å². The number of rotatable bonds is 3. The minimum atomic E-state index is -0.223. The molecule has 0 saturated carbocycles. The molecule has 0 aliphatic carbocycles. The monoisotopic (exact) mass is 221 g/mol. The zero-order chi connectivity index (χ0) is 11.7. The summed E-state index contributed by atoms with van der Waals surface area (Å²) in [4.78, 5) is 0. The number of aryl methyl sites for hydroxylation is 1. The summed E-state index contributed by atoms with van der Waals surface area (Å²) in [6.07, 6.45) is 3.17. The second-order valence-electron chi connectivity index (χ2n) is 4.24. The van der Waals surface area contributed by atoms with Gasteiger partial charge < -0.3 is 10.2 Å². The fourth-order valence-electron chi connectivity index (χ4n) is 1.99. The van der Waals surface area contributed by atoms with Crippen LogP contribution < -0.4 is 5.73 Å². The van der Waals surface area contributed by atoms with E-state index in [1.54, 1.807) is 6.26 Å². The molecule has 1 aromatic carbocycles. The van der Waals surface area contributed by atoms with Gasteiger partial charge in [0.05, 0.1) is 6.26 Å². The van der Waals surface area contributed by atoms with Crippen molar-refractivity contribution in [3.05, 3.63) is 35.3 Å². The third-order valence-electron chi connectivity index (χ3n) is 2.72. The molecular weight excluding hydrogens is 205 g/mol. The average molecular weight is 221 g/mol. The molecule has 2 nitrogen and oxygen atoms in total. The topological polar surface area (TPSA) is 39.2 Å². The lowest BCUT2D eigenvalue weighted by molar-refractivity contribution is 0.595. The molecule has 1 aromatic heterocycles. The second kappa shape index (κ2) is 4.26. The Labute approximate surface area is 94.2 Å². The van der Waals surface area contributed by atoms with E-state index >= 15 is 0 Å². The maximum absolute atomic E-state index is 13.5. The maximum Gasteiger partial charge on any atom is 0.137 e. The third-order valence-corrected chi connectivity index (χ3v) is 2.72. The van der Waals surface area contributed by atoms with E-state index in [0.29, 0.717) is 6.42 Å². The van der Waals surface area contributed by atoms with Crippen LogP contribution in [-0.4, -0.2) is 6.04 Å². The summed E-state index contributed by atoms with van der Waals surface area (Å²) in [5.41, 5.74) is 8.41. The zero-order valence-corrected chi connectivity index (χ0v) is 9.59. The summed E-state index contributed by atoms with van der Waals surface area (Å²) in [7, 11) is 0. The molecule has 0 spiro atoms. The summed E-state index contributed by atoms with van der Waals surface area (Å²) in [5.74, 6) is -0.223. The number of fused-ring (bicyclic) bond motifs is 1. The van der Waals surface area contributed by atoms with Gasteiger partial charge in [0.15, 0.2) is 0 Å². The number of benzene rings is 1. The van der Waals surface area contributed by atoms with Gasteiger partial charge in [-0.05, 0) is 43.0 Å². The second-order valence-corrected chi connectivity index (χ2v) is 4.24. The molecule has 0 aliphatic heterocycles. The molecule has 16 heavy (non-hydrogen) atoms. The Kier molecular flexibility index (Phi) is 2.97. The maximum atomic E-state index is 13.5. The lowest BCUT2D eigenvalue weighted by Crippen LogP contribution is -2.17. The van der Waals surface area contributed by atoms with Crippen molar-refractivity contribution < 1.29 is 8.81 Å². The molecule has 2 N–H and O–H groups in total. The summed E-state index contributed by atoms with van der Waals surface area (Å²) >= 11 is 0. The molecule has 0 aliphatic rings. The fraction of sp³-hybridized carbons (Fsp3) is 0.385. The predicted octanol–water partition coefficient (Wildman–Crippen LogP) is 3.02. The Hall–Kier alpha value is -1.35. The van der Waals surface area contributed by atoms with E-state index in [1.807, 2.05) is 13.8 Å². The smallest absolute Gasteiger partial charge is 0.137 e. The van der Waals surface area contributed by atoms with Crippen LogP contribution in [0, 0.1) is 5.82 Å².